The van der Waals surface area contributed by atoms with Gasteiger partial charge in [-0.2, -0.15) is 9.36 Å². The van der Waals surface area contributed by atoms with Crippen LogP contribution in [0, 0.1) is 5.92 Å². The molecule has 4 aliphatic heterocycles. The maximum atomic E-state index is 14.4. The number of aliphatic carboxylic acids is 1. The topological polar surface area (TPSA) is 228 Å². The van der Waals surface area contributed by atoms with Crippen LogP contribution in [-0.2, 0) is 39.1 Å². The Morgan fingerprint density at radius 3 is 2.18 bits per heavy atom. The molecule has 0 radical (unpaired) electrons. The van der Waals surface area contributed by atoms with E-state index in [2.05, 4.69) is 37.0 Å². The van der Waals surface area contributed by atoms with E-state index >= 15 is 0 Å². The van der Waals surface area contributed by atoms with Crippen LogP contribution in [0.15, 0.2) is 131 Å². The molecule has 4 aliphatic rings. The molecule has 0 spiro atoms. The highest BCUT2D eigenvalue weighted by molar-refractivity contribution is 8.00. The Bertz CT molecular complexity index is 2390. The summed E-state index contributed by atoms with van der Waals surface area (Å²) in [4.78, 5) is 81.0. The van der Waals surface area contributed by atoms with Gasteiger partial charge < -0.3 is 36.4 Å². The van der Waals surface area contributed by atoms with Crippen molar-refractivity contribution in [3.05, 3.63) is 149 Å². The Labute approximate surface area is 364 Å². The fourth-order valence-corrected chi connectivity index (χ4v) is 10.2. The molecule has 4 aromatic rings. The zero-order valence-electron chi connectivity index (χ0n) is 33.2. The number of nitrogens with two attached hydrogens (primary N) is 1. The number of ether oxygens (including phenoxy) is 1. The number of carboxylic acids is 1. The van der Waals surface area contributed by atoms with Gasteiger partial charge in [0.25, 0.3) is 11.8 Å². The number of hydrogen-bond acceptors (Lipinski definition) is 14. The third-order valence-electron chi connectivity index (χ3n) is 11.1. The Morgan fingerprint density at radius 1 is 1.02 bits per heavy atom. The molecule has 3 aromatic carbocycles. The van der Waals surface area contributed by atoms with Crippen LogP contribution in [0.3, 0.4) is 0 Å². The minimum Gasteiger partial charge on any atom is -0.477 e. The number of thioether (sulfide) groups is 1. The normalized spacial score (nSPS) is 21.3. The summed E-state index contributed by atoms with van der Waals surface area (Å²) >= 11 is 2.03. The van der Waals surface area contributed by atoms with Gasteiger partial charge in [0.05, 0.1) is 5.92 Å². The van der Waals surface area contributed by atoms with Gasteiger partial charge in [-0.25, -0.2) is 4.79 Å². The average Bonchev–Trinajstić information content (AvgIpc) is 4.09. The second-order valence-corrected chi connectivity index (χ2v) is 16.6. The van der Waals surface area contributed by atoms with Crippen LogP contribution in [0.25, 0.3) is 0 Å². The van der Waals surface area contributed by atoms with Gasteiger partial charge in [-0.15, -0.1) is 11.8 Å². The van der Waals surface area contributed by atoms with E-state index in [9.17, 15) is 29.1 Å². The van der Waals surface area contributed by atoms with Gasteiger partial charge >= 0.3 is 11.9 Å². The lowest BCUT2D eigenvalue weighted by atomic mass is 9.80. The molecule has 8 rings (SSSR count). The van der Waals surface area contributed by atoms with Crippen LogP contribution in [0.1, 0.15) is 41.8 Å². The summed E-state index contributed by atoms with van der Waals surface area (Å²) < 4.78 is 9.80. The lowest BCUT2D eigenvalue weighted by Crippen LogP contribution is -2.71. The number of oxime groups is 1. The maximum Gasteiger partial charge on any atom is 0.352 e. The lowest BCUT2D eigenvalue weighted by Gasteiger charge is -2.50. The van der Waals surface area contributed by atoms with Crippen molar-refractivity contribution < 1.29 is 38.7 Å². The molecule has 0 aliphatic carbocycles. The van der Waals surface area contributed by atoms with Crippen molar-refractivity contribution in [2.45, 2.75) is 42.3 Å². The van der Waals surface area contributed by atoms with Crippen molar-refractivity contribution >= 4 is 63.8 Å². The molecule has 3 fully saturated rings. The summed E-state index contributed by atoms with van der Waals surface area (Å²) in [6, 6.07) is 26.4. The van der Waals surface area contributed by atoms with Crippen LogP contribution in [0.5, 0.6) is 0 Å². The quantitative estimate of drug-likeness (QED) is 0.0220. The van der Waals surface area contributed by atoms with Gasteiger partial charge in [0.15, 0.2) is 5.13 Å². The Morgan fingerprint density at radius 2 is 1.66 bits per heavy atom. The molecule has 4 atom stereocenters. The number of aromatic nitrogens is 2. The van der Waals surface area contributed by atoms with E-state index in [0.29, 0.717) is 36.2 Å². The molecule has 0 saturated carbocycles. The number of benzene rings is 3. The molecular weight excluding hydrogens is 833 g/mol. The standard InChI is InChI=1S/C44H42N8O8S2/c1-2-23-59-42(58)32(30-19-12-21-46-30)31(28-20-22-47-37(28)53)29-24-61-40-34(39(55)52(40)35(29)41(56)57)48-38(54)33(36-49-43(45)62-51-36)50-60-44(25-13-6-3-7-14-25,26-15-8-4-9-16-26)27-17-10-5-11-18-27/h2-11,13-18,30,32,34,40,46H,1,12,19-24H2,(H,47,53)(H,48,54)(H,56,57)(H2,45,49,51)/t30?,32-,34-,40-/m1/s1. The van der Waals surface area contributed by atoms with Gasteiger partial charge in [0.1, 0.15) is 23.7 Å². The first-order valence-electron chi connectivity index (χ1n) is 19.9. The van der Waals surface area contributed by atoms with E-state index < -0.39 is 58.6 Å². The molecule has 16 nitrogen and oxygen atoms in total. The lowest BCUT2D eigenvalue weighted by molar-refractivity contribution is -0.150. The summed E-state index contributed by atoms with van der Waals surface area (Å²) in [5.41, 5.74) is 6.59. The Balaban J connectivity index is 1.15. The predicted molar refractivity (Wildman–Crippen MR) is 231 cm³/mol. The number of anilines is 1. The zero-order valence-corrected chi connectivity index (χ0v) is 34.8. The number of amides is 3. The first-order valence-corrected chi connectivity index (χ1v) is 21.7. The Hall–Kier alpha value is -6.63. The second kappa shape index (κ2) is 18.2. The van der Waals surface area contributed by atoms with E-state index in [4.69, 9.17) is 15.3 Å². The van der Waals surface area contributed by atoms with E-state index in [1.165, 1.54) is 17.8 Å². The highest BCUT2D eigenvalue weighted by atomic mass is 32.2. The van der Waals surface area contributed by atoms with Gasteiger partial charge in [-0.1, -0.05) is 109 Å². The first kappa shape index (κ1) is 42.1. The third-order valence-corrected chi connectivity index (χ3v) is 13.0. The van der Waals surface area contributed by atoms with Crippen molar-refractivity contribution in [3.8, 4) is 0 Å². The number of esters is 1. The van der Waals surface area contributed by atoms with Gasteiger partial charge in [0, 0.05) is 52.1 Å². The van der Waals surface area contributed by atoms with E-state index in [-0.39, 0.29) is 57.9 Å². The van der Waals surface area contributed by atoms with Crippen LogP contribution in [0.2, 0.25) is 0 Å². The molecule has 3 amide bonds. The number of nitrogens with zero attached hydrogens (tertiary/aromatic N) is 4. The monoisotopic (exact) mass is 874 g/mol. The first-order chi connectivity index (χ1) is 30.1. The van der Waals surface area contributed by atoms with Crippen molar-refractivity contribution in [2.24, 2.45) is 11.1 Å². The predicted octanol–water partition coefficient (Wildman–Crippen LogP) is 3.49. The van der Waals surface area contributed by atoms with Gasteiger partial charge in [-0.3, -0.25) is 24.1 Å². The number of β-lactam (4-membered cyclic amide) rings is 1. The number of nitrogen functional groups attached to an aromatic ring is 1. The second-order valence-electron chi connectivity index (χ2n) is 14.8. The van der Waals surface area contributed by atoms with Crippen LogP contribution < -0.4 is 21.7 Å². The molecule has 18 heteroatoms. The number of fused-ring (bicyclic) bond motifs is 1. The van der Waals surface area contributed by atoms with Gasteiger partial charge in [-0.05, 0) is 37.0 Å². The third kappa shape index (κ3) is 7.87. The minimum atomic E-state index is -1.44. The maximum absolute atomic E-state index is 14.4. The van der Waals surface area contributed by atoms with Crippen molar-refractivity contribution in [1.82, 2.24) is 30.2 Å². The number of rotatable bonds is 15. The molecule has 1 unspecified atom stereocenters. The molecular formula is C44H42N8O8S2. The molecule has 0 bridgehead atoms. The average molecular weight is 875 g/mol. The Kier molecular flexibility index (Phi) is 12.3. The molecule has 318 valence electrons. The van der Waals surface area contributed by atoms with E-state index in [0.717, 1.165) is 22.9 Å². The van der Waals surface area contributed by atoms with Crippen molar-refractivity contribution in [2.75, 3.05) is 31.2 Å². The zero-order chi connectivity index (χ0) is 43.4. The van der Waals surface area contributed by atoms with Crippen molar-refractivity contribution in [1.29, 1.82) is 0 Å². The summed E-state index contributed by atoms with van der Waals surface area (Å²) in [6.45, 7) is 4.46. The number of nitrogens with one attached hydrogen (secondary N) is 3. The summed E-state index contributed by atoms with van der Waals surface area (Å²) in [5.74, 6) is -5.31. The molecule has 62 heavy (non-hydrogen) atoms. The summed E-state index contributed by atoms with van der Waals surface area (Å²) in [6.07, 6.45) is 2.99. The fourth-order valence-electron chi connectivity index (χ4n) is 8.39. The summed E-state index contributed by atoms with van der Waals surface area (Å²) in [7, 11) is 0. The van der Waals surface area contributed by atoms with Crippen LogP contribution in [-0.4, -0.2) is 97.6 Å². The van der Waals surface area contributed by atoms with E-state index in [1.54, 1.807) is 0 Å². The van der Waals surface area contributed by atoms with Gasteiger partial charge in [0.2, 0.25) is 23.0 Å². The summed E-state index contributed by atoms with van der Waals surface area (Å²) in [5, 5.41) is 23.3. The highest BCUT2D eigenvalue weighted by Gasteiger charge is 2.56. The number of carbonyl (C=O) groups excluding carboxylic acids is 4. The fraction of sp³-hybridized carbons (Fsp3) is 0.273. The van der Waals surface area contributed by atoms with Crippen molar-refractivity contribution in [3.63, 3.8) is 0 Å². The molecule has 6 N–H and O–H groups in total. The van der Waals surface area contributed by atoms with E-state index in [1.807, 2.05) is 91.0 Å². The smallest absolute Gasteiger partial charge is 0.352 e. The van der Waals surface area contributed by atoms with Crippen LogP contribution in [0.4, 0.5) is 5.13 Å². The number of carbonyl (C=O) groups is 5. The molecule has 1 aromatic heterocycles. The SMILES string of the molecule is C=CCOC(=O)[C@@H](C(=C1CCNC1=O)C1=C(C(=O)O)N2C(=O)[C@@H](NC(=O)C(=NOC(c3ccccc3)(c3ccccc3)c3ccccc3)c3nsc(N)n3)[C@H]2SC1)C1CCCN1. The molecule has 3 saturated heterocycles. The largest absolute Gasteiger partial charge is 0.477 e. The van der Waals surface area contributed by atoms with Crippen LogP contribution >= 0.6 is 23.3 Å². The number of hydrogen-bond donors (Lipinski definition) is 5. The molecule has 5 heterocycles. The highest BCUT2D eigenvalue weighted by Crippen LogP contribution is 2.46. The minimum absolute atomic E-state index is 0.00545. The number of carboxylic acid groups (broad SMARTS) is 1.